The van der Waals surface area contributed by atoms with Gasteiger partial charge in [0.1, 0.15) is 10.9 Å². The zero-order valence-electron chi connectivity index (χ0n) is 11.1. The van der Waals surface area contributed by atoms with Gasteiger partial charge in [-0.3, -0.25) is 4.79 Å². The third-order valence-electron chi connectivity index (χ3n) is 2.76. The summed E-state index contributed by atoms with van der Waals surface area (Å²) in [5.41, 5.74) is 0.822. The van der Waals surface area contributed by atoms with E-state index in [1.165, 1.54) is 17.4 Å². The number of nitriles is 1. The van der Waals surface area contributed by atoms with Crippen LogP contribution in [0.3, 0.4) is 0 Å². The van der Waals surface area contributed by atoms with E-state index in [0.29, 0.717) is 24.6 Å². The average molecular weight is 289 g/mol. The van der Waals surface area contributed by atoms with Crippen molar-refractivity contribution in [2.45, 2.75) is 13.1 Å². The molecule has 0 bridgehead atoms. The Morgan fingerprint density at radius 1 is 1.40 bits per heavy atom. The first-order chi connectivity index (χ1) is 9.72. The molecule has 0 spiro atoms. The lowest BCUT2D eigenvalue weighted by Gasteiger charge is -2.09. The van der Waals surface area contributed by atoms with Gasteiger partial charge >= 0.3 is 0 Å². The molecule has 0 aliphatic rings. The first kappa shape index (κ1) is 14.3. The largest absolute Gasteiger partial charge is 0.383 e. The first-order valence-electron chi connectivity index (χ1n) is 6.15. The molecule has 2 aromatic heterocycles. The number of thiophene rings is 1. The Hall–Kier alpha value is -2.10. The SMILES string of the molecule is COCCn1cc(NCc2ccc(C#N)s2)ccc1=O. The lowest BCUT2D eigenvalue weighted by atomic mass is 10.3. The number of methoxy groups -OCH3 is 1. The quantitative estimate of drug-likeness (QED) is 0.883. The number of pyridine rings is 1. The number of anilines is 1. The smallest absolute Gasteiger partial charge is 0.250 e. The maximum Gasteiger partial charge on any atom is 0.250 e. The molecule has 5 nitrogen and oxygen atoms in total. The molecule has 20 heavy (non-hydrogen) atoms. The summed E-state index contributed by atoms with van der Waals surface area (Å²) in [6, 6.07) is 9.14. The predicted octanol–water partition coefficient (Wildman–Crippen LogP) is 2.04. The molecule has 2 aromatic rings. The Kier molecular flexibility index (Phi) is 4.93. The molecule has 0 amide bonds. The maximum atomic E-state index is 11.6. The molecule has 0 atom stereocenters. The minimum Gasteiger partial charge on any atom is -0.383 e. The number of hydrogen-bond donors (Lipinski definition) is 1. The van der Waals surface area contributed by atoms with Gasteiger partial charge < -0.3 is 14.6 Å². The van der Waals surface area contributed by atoms with Crippen LogP contribution in [0.4, 0.5) is 5.69 Å². The van der Waals surface area contributed by atoms with Gasteiger partial charge in [-0.05, 0) is 18.2 Å². The van der Waals surface area contributed by atoms with Crippen LogP contribution in [0.15, 0.2) is 35.3 Å². The molecule has 2 rings (SSSR count). The molecule has 2 heterocycles. The Morgan fingerprint density at radius 2 is 2.25 bits per heavy atom. The van der Waals surface area contributed by atoms with Crippen molar-refractivity contribution >= 4 is 17.0 Å². The third kappa shape index (κ3) is 3.70. The van der Waals surface area contributed by atoms with Crippen LogP contribution in [-0.2, 0) is 17.8 Å². The fourth-order valence-corrected chi connectivity index (χ4v) is 2.47. The molecule has 0 radical (unpaired) electrons. The Morgan fingerprint density at radius 3 is 2.95 bits per heavy atom. The van der Waals surface area contributed by atoms with Crippen molar-refractivity contribution < 1.29 is 4.74 Å². The van der Waals surface area contributed by atoms with E-state index in [9.17, 15) is 4.79 Å². The topological polar surface area (TPSA) is 67.0 Å². The Labute approximate surface area is 121 Å². The van der Waals surface area contributed by atoms with Crippen LogP contribution in [0, 0.1) is 11.3 Å². The summed E-state index contributed by atoms with van der Waals surface area (Å²) < 4.78 is 6.59. The number of hydrogen-bond acceptors (Lipinski definition) is 5. The molecule has 0 fully saturated rings. The first-order valence-corrected chi connectivity index (χ1v) is 6.96. The minimum absolute atomic E-state index is 0.0458. The molecule has 0 aliphatic carbocycles. The molecule has 0 aromatic carbocycles. The van der Waals surface area contributed by atoms with Crippen LogP contribution in [0.25, 0.3) is 0 Å². The summed E-state index contributed by atoms with van der Waals surface area (Å²) in [5, 5.41) is 12.0. The molecule has 104 valence electrons. The molecule has 0 unspecified atom stereocenters. The second-order valence-electron chi connectivity index (χ2n) is 4.17. The highest BCUT2D eigenvalue weighted by atomic mass is 32.1. The van der Waals surface area contributed by atoms with Gasteiger partial charge in [0, 0.05) is 37.3 Å². The fraction of sp³-hybridized carbons (Fsp3) is 0.286. The van der Waals surface area contributed by atoms with Crippen LogP contribution in [-0.4, -0.2) is 18.3 Å². The van der Waals surface area contributed by atoms with Gasteiger partial charge in [-0.25, -0.2) is 0 Å². The van der Waals surface area contributed by atoms with E-state index >= 15 is 0 Å². The lowest BCUT2D eigenvalue weighted by molar-refractivity contribution is 0.186. The monoisotopic (exact) mass is 289 g/mol. The van der Waals surface area contributed by atoms with Crippen molar-refractivity contribution in [3.8, 4) is 6.07 Å². The van der Waals surface area contributed by atoms with Crippen LogP contribution in [0.1, 0.15) is 9.75 Å². The van der Waals surface area contributed by atoms with Crippen LogP contribution in [0.2, 0.25) is 0 Å². The highest BCUT2D eigenvalue weighted by Crippen LogP contribution is 2.16. The van der Waals surface area contributed by atoms with Gasteiger partial charge in [-0.2, -0.15) is 5.26 Å². The molecule has 6 heteroatoms. The highest BCUT2D eigenvalue weighted by Gasteiger charge is 2.01. The van der Waals surface area contributed by atoms with E-state index in [4.69, 9.17) is 10.00 Å². The summed E-state index contributed by atoms with van der Waals surface area (Å²) in [5.74, 6) is 0. The van der Waals surface area contributed by atoms with Crippen molar-refractivity contribution in [1.29, 1.82) is 5.26 Å². The number of nitrogens with zero attached hydrogens (tertiary/aromatic N) is 2. The molecule has 1 N–H and O–H groups in total. The second kappa shape index (κ2) is 6.89. The molecule has 0 saturated carbocycles. The van der Waals surface area contributed by atoms with E-state index < -0.39 is 0 Å². The summed E-state index contributed by atoms with van der Waals surface area (Å²) in [6.07, 6.45) is 1.78. The molecule has 0 aliphatic heterocycles. The summed E-state index contributed by atoms with van der Waals surface area (Å²) in [7, 11) is 1.61. The predicted molar refractivity (Wildman–Crippen MR) is 78.9 cm³/mol. The Bertz CT molecular complexity index is 670. The van der Waals surface area contributed by atoms with Crippen molar-refractivity contribution in [2.75, 3.05) is 19.0 Å². The number of ether oxygens (including phenoxy) is 1. The van der Waals surface area contributed by atoms with Crippen molar-refractivity contribution in [3.63, 3.8) is 0 Å². The standard InChI is InChI=1S/C14H15N3O2S/c1-19-7-6-17-10-11(2-5-14(17)18)16-9-13-4-3-12(8-15)20-13/h2-5,10,16H,6-7,9H2,1H3. The van der Waals surface area contributed by atoms with Gasteiger partial charge in [0.25, 0.3) is 5.56 Å². The van der Waals surface area contributed by atoms with E-state index in [1.807, 2.05) is 6.07 Å². The van der Waals surface area contributed by atoms with Gasteiger partial charge in [-0.1, -0.05) is 0 Å². The summed E-state index contributed by atoms with van der Waals surface area (Å²) >= 11 is 1.46. The fourth-order valence-electron chi connectivity index (χ4n) is 1.72. The van der Waals surface area contributed by atoms with Gasteiger partial charge in [0.2, 0.25) is 0 Å². The lowest BCUT2D eigenvalue weighted by Crippen LogP contribution is -2.21. The van der Waals surface area contributed by atoms with Crippen molar-refractivity contribution in [2.24, 2.45) is 0 Å². The van der Waals surface area contributed by atoms with Crippen LogP contribution in [0.5, 0.6) is 0 Å². The van der Waals surface area contributed by atoms with E-state index in [-0.39, 0.29) is 5.56 Å². The second-order valence-corrected chi connectivity index (χ2v) is 5.34. The number of rotatable bonds is 6. The zero-order chi connectivity index (χ0) is 14.4. The maximum absolute atomic E-state index is 11.6. The van der Waals surface area contributed by atoms with Gasteiger partial charge in [0.05, 0.1) is 12.3 Å². The number of nitrogens with one attached hydrogen (secondary N) is 1. The van der Waals surface area contributed by atoms with E-state index in [2.05, 4.69) is 11.4 Å². The average Bonchev–Trinajstić information content (AvgIpc) is 2.93. The summed E-state index contributed by atoms with van der Waals surface area (Å²) in [6.45, 7) is 1.66. The molecule has 0 saturated heterocycles. The third-order valence-corrected chi connectivity index (χ3v) is 3.75. The number of aromatic nitrogens is 1. The zero-order valence-corrected chi connectivity index (χ0v) is 11.9. The van der Waals surface area contributed by atoms with Crippen LogP contribution < -0.4 is 10.9 Å². The van der Waals surface area contributed by atoms with Gasteiger partial charge in [0.15, 0.2) is 0 Å². The van der Waals surface area contributed by atoms with Crippen LogP contribution >= 0.6 is 11.3 Å². The summed E-state index contributed by atoms with van der Waals surface area (Å²) in [4.78, 5) is 13.4. The minimum atomic E-state index is -0.0458. The van der Waals surface area contributed by atoms with E-state index in [1.54, 1.807) is 30.0 Å². The highest BCUT2D eigenvalue weighted by molar-refractivity contribution is 7.12. The van der Waals surface area contributed by atoms with E-state index in [0.717, 1.165) is 10.6 Å². The van der Waals surface area contributed by atoms with Crippen molar-refractivity contribution in [1.82, 2.24) is 4.57 Å². The van der Waals surface area contributed by atoms with Gasteiger partial charge in [-0.15, -0.1) is 11.3 Å². The Balaban J connectivity index is 2.02. The molecular formula is C14H15N3O2S. The molecular weight excluding hydrogens is 274 g/mol. The van der Waals surface area contributed by atoms with Crippen molar-refractivity contribution in [3.05, 3.63) is 50.6 Å². The normalized spacial score (nSPS) is 10.2.